The first kappa shape index (κ1) is 12.4. The van der Waals surface area contributed by atoms with Gasteiger partial charge in [0.05, 0.1) is 12.1 Å². The Hall–Kier alpha value is -1.10. The van der Waals surface area contributed by atoms with Crippen molar-refractivity contribution in [3.8, 4) is 0 Å². The highest BCUT2D eigenvalue weighted by Gasteiger charge is 2.17. The van der Waals surface area contributed by atoms with Gasteiger partial charge >= 0.3 is 5.97 Å². The second kappa shape index (κ2) is 5.49. The fourth-order valence-corrected chi connectivity index (χ4v) is 3.01. The second-order valence-corrected chi connectivity index (χ2v) is 5.55. The van der Waals surface area contributed by atoms with E-state index in [2.05, 4.69) is 16.8 Å². The molecule has 17 heavy (non-hydrogen) atoms. The summed E-state index contributed by atoms with van der Waals surface area (Å²) >= 11 is 1.56. The number of nitrogens with zero attached hydrogens (tertiary/aromatic N) is 2. The van der Waals surface area contributed by atoms with Crippen molar-refractivity contribution in [1.82, 2.24) is 4.98 Å². The van der Waals surface area contributed by atoms with Crippen LogP contribution in [0.4, 0.5) is 5.13 Å². The third-order valence-electron chi connectivity index (χ3n) is 3.16. The summed E-state index contributed by atoms with van der Waals surface area (Å²) in [6.45, 7) is 4.38. The zero-order valence-corrected chi connectivity index (χ0v) is 10.9. The largest absolute Gasteiger partial charge is 0.481 e. The zero-order valence-electron chi connectivity index (χ0n) is 10.1. The lowest BCUT2D eigenvalue weighted by molar-refractivity contribution is -0.136. The number of aromatic nitrogens is 1. The Labute approximate surface area is 105 Å². The molecule has 2 rings (SSSR count). The van der Waals surface area contributed by atoms with Crippen molar-refractivity contribution in [1.29, 1.82) is 0 Å². The van der Waals surface area contributed by atoms with Gasteiger partial charge in [-0.3, -0.25) is 4.79 Å². The average Bonchev–Trinajstić information content (AvgIpc) is 2.59. The molecule has 0 bridgehead atoms. The van der Waals surface area contributed by atoms with Crippen molar-refractivity contribution in [2.75, 3.05) is 18.0 Å². The number of carbonyl (C=O) groups is 1. The lowest BCUT2D eigenvalue weighted by Gasteiger charge is -2.18. The van der Waals surface area contributed by atoms with Crippen LogP contribution in [0.5, 0.6) is 0 Å². The van der Waals surface area contributed by atoms with Crippen LogP contribution in [-0.4, -0.2) is 29.1 Å². The van der Waals surface area contributed by atoms with E-state index in [1.165, 1.54) is 19.3 Å². The van der Waals surface area contributed by atoms with Gasteiger partial charge in [-0.15, -0.1) is 11.3 Å². The molecule has 1 N–H and O–H groups in total. The average molecular weight is 254 g/mol. The van der Waals surface area contributed by atoms with Gasteiger partial charge in [-0.1, -0.05) is 6.92 Å². The second-order valence-electron chi connectivity index (χ2n) is 4.72. The van der Waals surface area contributed by atoms with E-state index in [1.54, 1.807) is 11.3 Å². The van der Waals surface area contributed by atoms with Gasteiger partial charge in [0.15, 0.2) is 5.13 Å². The standard InChI is InChI=1S/C12H18N2O2S/c1-9-3-2-5-14(6-4-9)12-13-10(8-17-12)7-11(15)16/h8-9H,2-7H2,1H3,(H,15,16). The van der Waals surface area contributed by atoms with Gasteiger partial charge in [-0.05, 0) is 25.2 Å². The van der Waals surface area contributed by atoms with Crippen LogP contribution in [0.3, 0.4) is 0 Å². The van der Waals surface area contributed by atoms with Crippen LogP contribution in [0, 0.1) is 5.92 Å². The Bertz CT molecular complexity index is 392. The van der Waals surface area contributed by atoms with E-state index < -0.39 is 5.97 Å². The van der Waals surface area contributed by atoms with E-state index in [9.17, 15) is 4.79 Å². The molecule has 94 valence electrons. The fraction of sp³-hybridized carbons (Fsp3) is 0.667. The van der Waals surface area contributed by atoms with E-state index in [-0.39, 0.29) is 6.42 Å². The molecule has 1 saturated heterocycles. The number of carboxylic acid groups (broad SMARTS) is 1. The number of thiazole rings is 1. The highest BCUT2D eigenvalue weighted by Crippen LogP contribution is 2.25. The van der Waals surface area contributed by atoms with Crippen LogP contribution in [0.25, 0.3) is 0 Å². The molecule has 1 aromatic rings. The van der Waals surface area contributed by atoms with Crippen LogP contribution in [0.2, 0.25) is 0 Å². The zero-order chi connectivity index (χ0) is 12.3. The summed E-state index contributed by atoms with van der Waals surface area (Å²) in [4.78, 5) is 17.3. The molecule has 1 aliphatic rings. The highest BCUT2D eigenvalue weighted by molar-refractivity contribution is 7.13. The van der Waals surface area contributed by atoms with Gasteiger partial charge in [0.25, 0.3) is 0 Å². The molecule has 5 heteroatoms. The predicted octanol–water partition coefficient (Wildman–Crippen LogP) is 2.40. The predicted molar refractivity (Wildman–Crippen MR) is 68.7 cm³/mol. The van der Waals surface area contributed by atoms with E-state index in [1.807, 2.05) is 5.38 Å². The van der Waals surface area contributed by atoms with E-state index in [0.717, 1.165) is 24.1 Å². The summed E-state index contributed by atoms with van der Waals surface area (Å²) in [5.74, 6) is -0.0233. The minimum atomic E-state index is -0.814. The number of rotatable bonds is 3. The van der Waals surface area contributed by atoms with E-state index in [4.69, 9.17) is 5.11 Å². The first-order chi connectivity index (χ1) is 8.15. The maximum atomic E-state index is 10.6. The molecular weight excluding hydrogens is 236 g/mol. The quantitative estimate of drug-likeness (QED) is 0.900. The fourth-order valence-electron chi connectivity index (χ4n) is 2.13. The summed E-state index contributed by atoms with van der Waals surface area (Å²) in [6.07, 6.45) is 3.72. The molecule has 0 saturated carbocycles. The van der Waals surface area contributed by atoms with Crippen LogP contribution in [0.15, 0.2) is 5.38 Å². The maximum Gasteiger partial charge on any atom is 0.309 e. The molecule has 1 fully saturated rings. The number of carboxylic acids is 1. The number of anilines is 1. The molecule has 0 amide bonds. The van der Waals surface area contributed by atoms with Crippen molar-refractivity contribution in [3.63, 3.8) is 0 Å². The van der Waals surface area contributed by atoms with Gasteiger partial charge in [0.1, 0.15) is 0 Å². The SMILES string of the molecule is CC1CCCN(c2nc(CC(=O)O)cs2)CC1. The molecular formula is C12H18N2O2S. The summed E-state index contributed by atoms with van der Waals surface area (Å²) in [7, 11) is 0. The topological polar surface area (TPSA) is 53.4 Å². The van der Waals surface area contributed by atoms with Crippen LogP contribution in [0.1, 0.15) is 31.9 Å². The molecule has 0 aliphatic carbocycles. The molecule has 0 aromatic carbocycles. The summed E-state index contributed by atoms with van der Waals surface area (Å²) in [5.41, 5.74) is 0.676. The van der Waals surface area contributed by atoms with Gasteiger partial charge in [0, 0.05) is 18.5 Å². The molecule has 1 aromatic heterocycles. The molecule has 4 nitrogen and oxygen atoms in total. The molecule has 0 radical (unpaired) electrons. The first-order valence-electron chi connectivity index (χ1n) is 6.06. The molecule has 0 spiro atoms. The van der Waals surface area contributed by atoms with Crippen molar-refractivity contribution < 1.29 is 9.90 Å². The van der Waals surface area contributed by atoms with Gasteiger partial charge in [-0.25, -0.2) is 4.98 Å². The summed E-state index contributed by atoms with van der Waals surface area (Å²) < 4.78 is 0. The smallest absolute Gasteiger partial charge is 0.309 e. The number of aliphatic carboxylic acids is 1. The summed E-state index contributed by atoms with van der Waals surface area (Å²) in [6, 6.07) is 0. The molecule has 1 atom stereocenters. The molecule has 1 unspecified atom stereocenters. The van der Waals surface area contributed by atoms with Crippen LogP contribution < -0.4 is 4.90 Å². The highest BCUT2D eigenvalue weighted by atomic mass is 32.1. The van der Waals surface area contributed by atoms with Crippen LogP contribution >= 0.6 is 11.3 Å². The van der Waals surface area contributed by atoms with Crippen molar-refractivity contribution in [2.45, 2.75) is 32.6 Å². The molecule has 1 aliphatic heterocycles. The van der Waals surface area contributed by atoms with E-state index >= 15 is 0 Å². The Balaban J connectivity index is 2.01. The minimum Gasteiger partial charge on any atom is -0.481 e. The third kappa shape index (κ3) is 3.43. The minimum absolute atomic E-state index is 0.0285. The van der Waals surface area contributed by atoms with Crippen molar-refractivity contribution >= 4 is 22.4 Å². The number of hydrogen-bond acceptors (Lipinski definition) is 4. The Kier molecular flexibility index (Phi) is 3.99. The summed E-state index contributed by atoms with van der Waals surface area (Å²) in [5, 5.41) is 11.6. The monoisotopic (exact) mass is 254 g/mol. The van der Waals surface area contributed by atoms with Gasteiger partial charge < -0.3 is 10.0 Å². The lowest BCUT2D eigenvalue weighted by Crippen LogP contribution is -2.24. The van der Waals surface area contributed by atoms with Crippen molar-refractivity contribution in [2.24, 2.45) is 5.92 Å². The maximum absolute atomic E-state index is 10.6. The van der Waals surface area contributed by atoms with E-state index in [0.29, 0.717) is 5.69 Å². The lowest BCUT2D eigenvalue weighted by atomic mass is 10.0. The van der Waals surface area contributed by atoms with Gasteiger partial charge in [-0.2, -0.15) is 0 Å². The van der Waals surface area contributed by atoms with Gasteiger partial charge in [0.2, 0.25) is 0 Å². The Morgan fingerprint density at radius 1 is 1.59 bits per heavy atom. The Morgan fingerprint density at radius 3 is 3.18 bits per heavy atom. The molecule has 2 heterocycles. The third-order valence-corrected chi connectivity index (χ3v) is 4.11. The van der Waals surface area contributed by atoms with Crippen LogP contribution in [-0.2, 0) is 11.2 Å². The first-order valence-corrected chi connectivity index (χ1v) is 6.94. The number of hydrogen-bond donors (Lipinski definition) is 1. The normalized spacial score (nSPS) is 21.2. The Morgan fingerprint density at radius 2 is 2.41 bits per heavy atom. The van der Waals surface area contributed by atoms with Crippen molar-refractivity contribution in [3.05, 3.63) is 11.1 Å².